The molecule has 0 saturated carbocycles. The summed E-state index contributed by atoms with van der Waals surface area (Å²) in [5.41, 5.74) is 0.0840. The Balaban J connectivity index is 3.01. The molecule has 0 spiro atoms. The molecule has 0 aromatic heterocycles. The van der Waals surface area contributed by atoms with Gasteiger partial charge in [0.05, 0.1) is 12.5 Å². The van der Waals surface area contributed by atoms with Gasteiger partial charge in [0.1, 0.15) is 12.6 Å². The third kappa shape index (κ3) is 13.1. The van der Waals surface area contributed by atoms with Crippen molar-refractivity contribution in [1.82, 2.24) is 5.32 Å². The van der Waals surface area contributed by atoms with Crippen molar-refractivity contribution in [3.63, 3.8) is 0 Å². The quantitative estimate of drug-likeness (QED) is 0.162. The maximum absolute atomic E-state index is 12.5. The predicted molar refractivity (Wildman–Crippen MR) is 148 cm³/mol. The van der Waals surface area contributed by atoms with Gasteiger partial charge < -0.3 is 24.3 Å². The van der Waals surface area contributed by atoms with Crippen LogP contribution in [0.1, 0.15) is 86.1 Å². The van der Waals surface area contributed by atoms with Gasteiger partial charge in [0, 0.05) is 19.4 Å². The first-order valence-corrected chi connectivity index (χ1v) is 13.8. The minimum absolute atomic E-state index is 0.0970. The zero-order chi connectivity index (χ0) is 29.6. The van der Waals surface area contributed by atoms with Gasteiger partial charge in [-0.2, -0.15) is 0 Å². The number of hydrogen-bond acceptors (Lipinski definition) is 9. The molecule has 0 aliphatic rings. The maximum atomic E-state index is 12.5. The van der Waals surface area contributed by atoms with Gasteiger partial charge in [-0.15, -0.1) is 0 Å². The van der Waals surface area contributed by atoms with E-state index in [0.717, 1.165) is 0 Å². The van der Waals surface area contributed by atoms with Crippen LogP contribution in [0.3, 0.4) is 0 Å². The topological polar surface area (TPSA) is 117 Å². The smallest absolute Gasteiger partial charge is 0.323 e. The van der Waals surface area contributed by atoms with E-state index in [-0.39, 0.29) is 49.9 Å². The highest BCUT2D eigenvalue weighted by atomic mass is 16.6. The lowest BCUT2D eigenvalue weighted by atomic mass is 9.91. The van der Waals surface area contributed by atoms with Gasteiger partial charge in [0.25, 0.3) is 0 Å². The van der Waals surface area contributed by atoms with Crippen LogP contribution in [0.15, 0.2) is 18.2 Å². The second-order valence-electron chi connectivity index (χ2n) is 11.2. The van der Waals surface area contributed by atoms with Gasteiger partial charge in [0.15, 0.2) is 11.5 Å². The van der Waals surface area contributed by atoms with E-state index < -0.39 is 29.4 Å². The summed E-state index contributed by atoms with van der Waals surface area (Å²) < 4.78 is 21.4. The Morgan fingerprint density at radius 1 is 0.897 bits per heavy atom. The van der Waals surface area contributed by atoms with E-state index in [9.17, 15) is 19.2 Å². The first-order valence-electron chi connectivity index (χ1n) is 13.8. The van der Waals surface area contributed by atoms with Crippen LogP contribution in [-0.2, 0) is 35.1 Å². The SMILES string of the molecule is CCC(C)(C)C(=O)OCCN[C@@H](Cc1ccc(OC(=O)CCC(C)C)c(OC(=O)CCC(C)C)c1)C(=O)OC. The Kier molecular flexibility index (Phi) is 14.8. The highest BCUT2D eigenvalue weighted by molar-refractivity contribution is 5.78. The summed E-state index contributed by atoms with van der Waals surface area (Å²) in [6.07, 6.45) is 2.67. The van der Waals surface area contributed by atoms with Gasteiger partial charge in [-0.3, -0.25) is 19.2 Å². The van der Waals surface area contributed by atoms with Crippen LogP contribution >= 0.6 is 0 Å². The van der Waals surface area contributed by atoms with Gasteiger partial charge >= 0.3 is 23.9 Å². The van der Waals surface area contributed by atoms with Gasteiger partial charge in [-0.1, -0.05) is 40.7 Å². The van der Waals surface area contributed by atoms with Crippen molar-refractivity contribution >= 4 is 23.9 Å². The monoisotopic (exact) mass is 549 g/mol. The van der Waals surface area contributed by atoms with Gasteiger partial charge in [-0.05, 0) is 69.1 Å². The van der Waals surface area contributed by atoms with E-state index in [2.05, 4.69) is 5.32 Å². The zero-order valence-corrected chi connectivity index (χ0v) is 24.9. The summed E-state index contributed by atoms with van der Waals surface area (Å²) in [5.74, 6) is -0.685. The molecule has 0 saturated heterocycles. The van der Waals surface area contributed by atoms with Crippen molar-refractivity contribution in [3.8, 4) is 11.5 Å². The molecule has 0 fully saturated rings. The lowest BCUT2D eigenvalue weighted by Crippen LogP contribution is -2.41. The molecule has 1 N–H and O–H groups in total. The highest BCUT2D eigenvalue weighted by Crippen LogP contribution is 2.30. The summed E-state index contributed by atoms with van der Waals surface area (Å²) in [6, 6.07) is 4.13. The fourth-order valence-electron chi connectivity index (χ4n) is 3.34. The first-order chi connectivity index (χ1) is 18.3. The zero-order valence-electron chi connectivity index (χ0n) is 24.9. The number of esters is 4. The van der Waals surface area contributed by atoms with Crippen molar-refractivity contribution < 1.29 is 38.1 Å². The largest absolute Gasteiger partial charge is 0.468 e. The molecule has 0 unspecified atom stereocenters. The van der Waals surface area contributed by atoms with Crippen LogP contribution in [0.25, 0.3) is 0 Å². The van der Waals surface area contributed by atoms with Crippen molar-refractivity contribution in [2.24, 2.45) is 17.3 Å². The summed E-state index contributed by atoms with van der Waals surface area (Å²) in [4.78, 5) is 49.5. The number of nitrogens with one attached hydrogen (secondary N) is 1. The van der Waals surface area contributed by atoms with E-state index >= 15 is 0 Å². The number of rotatable bonds is 17. The normalized spacial score (nSPS) is 12.3. The van der Waals surface area contributed by atoms with E-state index in [1.165, 1.54) is 7.11 Å². The lowest BCUT2D eigenvalue weighted by molar-refractivity contribution is -0.154. The Morgan fingerprint density at radius 2 is 1.46 bits per heavy atom. The first kappa shape index (κ1) is 34.1. The van der Waals surface area contributed by atoms with E-state index in [4.69, 9.17) is 18.9 Å². The number of carbonyl (C=O) groups is 4. The molecular weight excluding hydrogens is 502 g/mol. The average molecular weight is 550 g/mol. The van der Waals surface area contributed by atoms with E-state index in [0.29, 0.717) is 36.7 Å². The van der Waals surface area contributed by atoms with E-state index in [1.807, 2.05) is 48.5 Å². The maximum Gasteiger partial charge on any atom is 0.323 e. The molecule has 0 bridgehead atoms. The molecule has 9 heteroatoms. The average Bonchev–Trinajstić information content (AvgIpc) is 2.88. The summed E-state index contributed by atoms with van der Waals surface area (Å²) in [5, 5.41) is 3.07. The Hall–Kier alpha value is -2.94. The number of carbonyl (C=O) groups excluding carboxylic acids is 4. The molecule has 1 atom stereocenters. The van der Waals surface area contributed by atoms with Crippen LogP contribution in [0.2, 0.25) is 0 Å². The molecular formula is C30H47NO8. The fraction of sp³-hybridized carbons (Fsp3) is 0.667. The van der Waals surface area contributed by atoms with Crippen molar-refractivity contribution in [1.29, 1.82) is 0 Å². The second-order valence-corrected chi connectivity index (χ2v) is 11.2. The Bertz CT molecular complexity index is 954. The molecule has 0 aliphatic carbocycles. The molecule has 9 nitrogen and oxygen atoms in total. The molecule has 0 radical (unpaired) electrons. The lowest BCUT2D eigenvalue weighted by Gasteiger charge is -2.21. The standard InChI is InChI=1S/C30H47NO8/c1-9-30(6,7)29(35)37-17-16-31-23(28(34)36-8)18-22-12-13-24(38-26(32)14-10-20(2)3)25(19-22)39-27(33)15-11-21(4)5/h12-13,19-21,23,31H,9-11,14-18H2,1-8H3/t23-/m0/s1. The number of methoxy groups -OCH3 is 1. The number of ether oxygens (including phenoxy) is 4. The minimum Gasteiger partial charge on any atom is -0.468 e. The van der Waals surface area contributed by atoms with Gasteiger partial charge in [0.2, 0.25) is 0 Å². The molecule has 1 aromatic rings. The minimum atomic E-state index is -0.739. The molecule has 39 heavy (non-hydrogen) atoms. The van der Waals surface area contributed by atoms with E-state index in [1.54, 1.807) is 18.2 Å². The summed E-state index contributed by atoms with van der Waals surface area (Å²) in [7, 11) is 1.29. The summed E-state index contributed by atoms with van der Waals surface area (Å²) in [6.45, 7) is 14.0. The molecule has 0 amide bonds. The summed E-state index contributed by atoms with van der Waals surface area (Å²) >= 11 is 0. The van der Waals surface area contributed by atoms with Crippen LogP contribution < -0.4 is 14.8 Å². The van der Waals surface area contributed by atoms with Crippen molar-refractivity contribution in [2.45, 2.75) is 93.0 Å². The van der Waals surface area contributed by atoms with Crippen molar-refractivity contribution in [3.05, 3.63) is 23.8 Å². The number of hydrogen-bond donors (Lipinski definition) is 1. The Morgan fingerprint density at radius 3 is 1.97 bits per heavy atom. The third-order valence-corrected chi connectivity index (χ3v) is 6.40. The predicted octanol–water partition coefficient (Wildman–Crippen LogP) is 5.02. The van der Waals surface area contributed by atoms with Crippen LogP contribution in [0.4, 0.5) is 0 Å². The van der Waals surface area contributed by atoms with Crippen LogP contribution in [-0.4, -0.2) is 50.2 Å². The fourth-order valence-corrected chi connectivity index (χ4v) is 3.34. The molecule has 220 valence electrons. The third-order valence-electron chi connectivity index (χ3n) is 6.40. The molecule has 0 aliphatic heterocycles. The highest BCUT2D eigenvalue weighted by Gasteiger charge is 2.27. The second kappa shape index (κ2) is 16.9. The van der Waals surface area contributed by atoms with Crippen molar-refractivity contribution in [2.75, 3.05) is 20.3 Å². The number of benzene rings is 1. The van der Waals surface area contributed by atoms with Gasteiger partial charge in [-0.25, -0.2) is 0 Å². The molecule has 1 aromatic carbocycles. The molecule has 1 rings (SSSR count). The Labute approximate surface area is 233 Å². The van der Waals surface area contributed by atoms with Crippen LogP contribution in [0.5, 0.6) is 11.5 Å². The molecule has 0 heterocycles. The van der Waals surface area contributed by atoms with Crippen LogP contribution in [0, 0.1) is 17.3 Å².